The van der Waals surface area contributed by atoms with Crippen LogP contribution in [-0.2, 0) is 9.59 Å². The molecule has 3 unspecified atom stereocenters. The van der Waals surface area contributed by atoms with Crippen LogP contribution in [0, 0.1) is 0 Å². The molecule has 1 aliphatic heterocycles. The molecule has 0 bridgehead atoms. The molecule has 0 spiro atoms. The summed E-state index contributed by atoms with van der Waals surface area (Å²) < 4.78 is 0. The van der Waals surface area contributed by atoms with Crippen molar-refractivity contribution in [3.05, 3.63) is 0 Å². The van der Waals surface area contributed by atoms with Crippen LogP contribution in [0.4, 0.5) is 0 Å². The third-order valence-corrected chi connectivity index (χ3v) is 6.46. The minimum Gasteiger partial charge on any atom is -0.302 e. The third kappa shape index (κ3) is 3.14. The standard InChI is InChI=1S/C16H26N2O2S/c1-21-14-9-5-8-12(14)17-13-10-15(19)18(16(13)20)11-6-3-2-4-7-11/h11-14,17H,2-10H2,1H3. The van der Waals surface area contributed by atoms with Crippen LogP contribution in [-0.4, -0.2) is 46.3 Å². The Labute approximate surface area is 131 Å². The highest BCUT2D eigenvalue weighted by atomic mass is 32.2. The molecule has 0 radical (unpaired) electrons. The van der Waals surface area contributed by atoms with Gasteiger partial charge in [0.1, 0.15) is 0 Å². The second-order valence-electron chi connectivity index (χ2n) is 6.63. The van der Waals surface area contributed by atoms with Gasteiger partial charge in [-0.1, -0.05) is 25.7 Å². The second-order valence-corrected chi connectivity index (χ2v) is 7.71. The summed E-state index contributed by atoms with van der Waals surface area (Å²) in [6.07, 6.45) is 11.6. The van der Waals surface area contributed by atoms with E-state index in [9.17, 15) is 9.59 Å². The number of imide groups is 1. The zero-order valence-corrected chi connectivity index (χ0v) is 13.7. The van der Waals surface area contributed by atoms with Crippen LogP contribution in [0.1, 0.15) is 57.8 Å². The molecule has 0 aromatic heterocycles. The summed E-state index contributed by atoms with van der Waals surface area (Å²) in [5.41, 5.74) is 0. The molecular weight excluding hydrogens is 284 g/mol. The van der Waals surface area contributed by atoms with E-state index in [0.29, 0.717) is 17.7 Å². The predicted molar refractivity (Wildman–Crippen MR) is 85.2 cm³/mol. The van der Waals surface area contributed by atoms with Gasteiger partial charge in [-0.3, -0.25) is 14.5 Å². The maximum Gasteiger partial charge on any atom is 0.247 e. The molecule has 118 valence electrons. The average Bonchev–Trinajstić information content (AvgIpc) is 3.05. The van der Waals surface area contributed by atoms with Crippen LogP contribution >= 0.6 is 11.8 Å². The summed E-state index contributed by atoms with van der Waals surface area (Å²) in [5.74, 6) is 0.0850. The maximum atomic E-state index is 12.6. The van der Waals surface area contributed by atoms with Gasteiger partial charge in [-0.2, -0.15) is 11.8 Å². The minimum atomic E-state index is -0.267. The Kier molecular flexibility index (Phi) is 4.89. The van der Waals surface area contributed by atoms with Crippen LogP contribution in [0.25, 0.3) is 0 Å². The quantitative estimate of drug-likeness (QED) is 0.810. The van der Waals surface area contributed by atoms with E-state index in [-0.39, 0.29) is 23.9 Å². The molecule has 0 aromatic rings. The smallest absolute Gasteiger partial charge is 0.247 e. The highest BCUT2D eigenvalue weighted by molar-refractivity contribution is 7.99. The number of thioether (sulfide) groups is 1. The fraction of sp³-hybridized carbons (Fsp3) is 0.875. The highest BCUT2D eigenvalue weighted by Crippen LogP contribution is 2.31. The van der Waals surface area contributed by atoms with Gasteiger partial charge in [0.15, 0.2) is 0 Å². The number of hydrogen-bond donors (Lipinski definition) is 1. The lowest BCUT2D eigenvalue weighted by Gasteiger charge is -2.30. The van der Waals surface area contributed by atoms with Gasteiger partial charge < -0.3 is 5.32 Å². The molecule has 2 aliphatic carbocycles. The van der Waals surface area contributed by atoms with E-state index < -0.39 is 0 Å². The van der Waals surface area contributed by atoms with Crippen molar-refractivity contribution in [3.8, 4) is 0 Å². The number of carbonyl (C=O) groups is 2. The van der Waals surface area contributed by atoms with E-state index in [0.717, 1.165) is 32.1 Å². The predicted octanol–water partition coefficient (Wildman–Crippen LogP) is 2.32. The van der Waals surface area contributed by atoms with Crippen LogP contribution in [0.3, 0.4) is 0 Å². The molecule has 3 rings (SSSR count). The number of likely N-dealkylation sites (tertiary alicyclic amines) is 1. The summed E-state index contributed by atoms with van der Waals surface area (Å²) in [4.78, 5) is 26.5. The lowest BCUT2D eigenvalue weighted by Crippen LogP contribution is -2.48. The van der Waals surface area contributed by atoms with Gasteiger partial charge in [-0.15, -0.1) is 0 Å². The molecule has 4 nitrogen and oxygen atoms in total. The monoisotopic (exact) mass is 310 g/mol. The van der Waals surface area contributed by atoms with Gasteiger partial charge >= 0.3 is 0 Å². The zero-order chi connectivity index (χ0) is 14.8. The highest BCUT2D eigenvalue weighted by Gasteiger charge is 2.44. The molecule has 1 N–H and O–H groups in total. The first kappa shape index (κ1) is 15.3. The lowest BCUT2D eigenvalue weighted by atomic mass is 9.94. The lowest BCUT2D eigenvalue weighted by molar-refractivity contribution is -0.142. The van der Waals surface area contributed by atoms with E-state index in [4.69, 9.17) is 0 Å². The minimum absolute atomic E-state index is 0.0404. The Balaban J connectivity index is 1.63. The largest absolute Gasteiger partial charge is 0.302 e. The summed E-state index contributed by atoms with van der Waals surface area (Å²) in [7, 11) is 0. The topological polar surface area (TPSA) is 49.4 Å². The normalized spacial score (nSPS) is 34.9. The van der Waals surface area contributed by atoms with Gasteiger partial charge in [-0.05, 0) is 31.9 Å². The molecule has 3 fully saturated rings. The molecule has 2 amide bonds. The summed E-state index contributed by atoms with van der Waals surface area (Å²) >= 11 is 1.88. The van der Waals surface area contributed by atoms with Crippen LogP contribution < -0.4 is 5.32 Å². The van der Waals surface area contributed by atoms with Crippen molar-refractivity contribution in [1.82, 2.24) is 10.2 Å². The second kappa shape index (κ2) is 6.69. The first-order chi connectivity index (χ1) is 10.2. The maximum absolute atomic E-state index is 12.6. The summed E-state index contributed by atoms with van der Waals surface area (Å²) in [6.45, 7) is 0. The van der Waals surface area contributed by atoms with Crippen molar-refractivity contribution in [1.29, 1.82) is 0 Å². The van der Waals surface area contributed by atoms with E-state index in [1.165, 1.54) is 19.3 Å². The number of nitrogens with zero attached hydrogens (tertiary/aromatic N) is 1. The van der Waals surface area contributed by atoms with Gasteiger partial charge in [0.2, 0.25) is 11.8 Å². The third-order valence-electron chi connectivity index (χ3n) is 5.29. The van der Waals surface area contributed by atoms with E-state index in [2.05, 4.69) is 11.6 Å². The molecular formula is C16H26N2O2S. The van der Waals surface area contributed by atoms with Crippen LogP contribution in [0.5, 0.6) is 0 Å². The van der Waals surface area contributed by atoms with Crippen LogP contribution in [0.15, 0.2) is 0 Å². The van der Waals surface area contributed by atoms with Gasteiger partial charge in [0.05, 0.1) is 12.5 Å². The first-order valence-electron chi connectivity index (χ1n) is 8.35. The number of nitrogens with one attached hydrogen (secondary N) is 1. The van der Waals surface area contributed by atoms with E-state index in [1.54, 1.807) is 4.90 Å². The number of hydrogen-bond acceptors (Lipinski definition) is 4. The van der Waals surface area contributed by atoms with E-state index in [1.807, 2.05) is 11.8 Å². The number of amides is 2. The molecule has 5 heteroatoms. The van der Waals surface area contributed by atoms with E-state index >= 15 is 0 Å². The molecule has 0 aromatic carbocycles. The Bertz CT molecular complexity index is 409. The Morgan fingerprint density at radius 1 is 1.05 bits per heavy atom. The van der Waals surface area contributed by atoms with Crippen molar-refractivity contribution in [2.45, 2.75) is 81.2 Å². The molecule has 3 atom stereocenters. The molecule has 21 heavy (non-hydrogen) atoms. The average molecular weight is 310 g/mol. The zero-order valence-electron chi connectivity index (χ0n) is 12.8. The van der Waals surface area contributed by atoms with Gasteiger partial charge in [0, 0.05) is 17.3 Å². The van der Waals surface area contributed by atoms with Crippen molar-refractivity contribution in [2.24, 2.45) is 0 Å². The first-order valence-corrected chi connectivity index (χ1v) is 9.64. The molecule has 1 saturated heterocycles. The van der Waals surface area contributed by atoms with Crippen LogP contribution in [0.2, 0.25) is 0 Å². The number of rotatable bonds is 4. The molecule has 3 aliphatic rings. The van der Waals surface area contributed by atoms with Crippen molar-refractivity contribution >= 4 is 23.6 Å². The molecule has 1 heterocycles. The SMILES string of the molecule is CSC1CCCC1NC1CC(=O)N(C2CCCCC2)C1=O. The Hall–Kier alpha value is -0.550. The summed E-state index contributed by atoms with van der Waals surface area (Å²) in [6, 6.07) is 0.302. The Morgan fingerprint density at radius 2 is 1.81 bits per heavy atom. The van der Waals surface area contributed by atoms with Crippen molar-refractivity contribution in [3.63, 3.8) is 0 Å². The molecule has 2 saturated carbocycles. The fourth-order valence-corrected chi connectivity index (χ4v) is 5.11. The summed E-state index contributed by atoms with van der Waals surface area (Å²) in [5, 5.41) is 4.09. The van der Waals surface area contributed by atoms with Crippen molar-refractivity contribution < 1.29 is 9.59 Å². The Morgan fingerprint density at radius 3 is 2.52 bits per heavy atom. The van der Waals surface area contributed by atoms with Crippen molar-refractivity contribution in [2.75, 3.05) is 6.26 Å². The van der Waals surface area contributed by atoms with Gasteiger partial charge in [0.25, 0.3) is 0 Å². The number of carbonyl (C=O) groups excluding carboxylic acids is 2. The fourth-order valence-electron chi connectivity index (χ4n) is 4.16. The van der Waals surface area contributed by atoms with Gasteiger partial charge in [-0.25, -0.2) is 0 Å².